The first-order valence-corrected chi connectivity index (χ1v) is 13.3. The van der Waals surface area contributed by atoms with Gasteiger partial charge in [0, 0.05) is 6.04 Å². The number of nitrogens with two attached hydrogens (primary N) is 1. The fourth-order valence-electron chi connectivity index (χ4n) is 9.49. The lowest BCUT2D eigenvalue weighted by molar-refractivity contribution is -0.150. The Hall–Kier alpha value is -0.120. The summed E-state index contributed by atoms with van der Waals surface area (Å²) in [5.74, 6) is 3.13. The molecule has 4 rings (SSSR count). The summed E-state index contributed by atoms with van der Waals surface area (Å²) < 4.78 is 0. The van der Waals surface area contributed by atoms with Crippen LogP contribution >= 0.6 is 0 Å². The Morgan fingerprint density at radius 3 is 2.33 bits per heavy atom. The monoisotopic (exact) mass is 419 g/mol. The molecule has 174 valence electrons. The summed E-state index contributed by atoms with van der Waals surface area (Å²) in [6, 6.07) is 0.238. The number of aliphatic hydroxyl groups excluding tert-OH is 1. The predicted octanol–water partition coefficient (Wildman–Crippen LogP) is 5.66. The van der Waals surface area contributed by atoms with Crippen LogP contribution < -0.4 is 5.73 Å². The highest BCUT2D eigenvalue weighted by atomic mass is 16.3. The van der Waals surface area contributed by atoms with Crippen LogP contribution in [0.1, 0.15) is 111 Å². The van der Waals surface area contributed by atoms with Crippen LogP contribution in [0.3, 0.4) is 0 Å². The molecule has 4 saturated carbocycles. The molecule has 0 aromatic rings. The molecule has 4 aliphatic carbocycles. The van der Waals surface area contributed by atoms with Crippen LogP contribution in [-0.4, -0.2) is 28.0 Å². The Bertz CT molecular complexity index is 606. The van der Waals surface area contributed by atoms with Crippen LogP contribution in [0.15, 0.2) is 0 Å². The molecule has 30 heavy (non-hydrogen) atoms. The molecule has 4 fully saturated rings. The highest BCUT2D eigenvalue weighted by Crippen LogP contribution is 2.68. The zero-order valence-corrected chi connectivity index (χ0v) is 20.2. The van der Waals surface area contributed by atoms with E-state index in [1.807, 2.05) is 0 Å². The molecule has 0 aromatic heterocycles. The molecule has 0 heterocycles. The number of hydrogen-bond donors (Lipinski definition) is 3. The van der Waals surface area contributed by atoms with Gasteiger partial charge in [-0.1, -0.05) is 46.5 Å². The average Bonchev–Trinajstić information content (AvgIpc) is 3.05. The minimum absolute atomic E-state index is 0.141. The molecule has 4 N–H and O–H groups in total. The van der Waals surface area contributed by atoms with Gasteiger partial charge >= 0.3 is 0 Å². The predicted molar refractivity (Wildman–Crippen MR) is 124 cm³/mol. The molecule has 3 heteroatoms. The number of unbranched alkanes of at least 4 members (excludes halogenated alkanes) is 3. The fraction of sp³-hybridized carbons (Fsp3) is 1.00. The fourth-order valence-corrected chi connectivity index (χ4v) is 9.49. The van der Waals surface area contributed by atoms with E-state index in [1.54, 1.807) is 0 Å². The van der Waals surface area contributed by atoms with Gasteiger partial charge in [-0.25, -0.2) is 0 Å². The number of rotatable bonds is 6. The van der Waals surface area contributed by atoms with E-state index in [2.05, 4.69) is 27.7 Å². The van der Waals surface area contributed by atoms with Crippen molar-refractivity contribution in [3.05, 3.63) is 0 Å². The lowest BCUT2D eigenvalue weighted by Crippen LogP contribution is -2.60. The summed E-state index contributed by atoms with van der Waals surface area (Å²) >= 11 is 0. The van der Waals surface area contributed by atoms with Crippen LogP contribution in [-0.2, 0) is 0 Å². The van der Waals surface area contributed by atoms with E-state index in [1.165, 1.54) is 44.9 Å². The van der Waals surface area contributed by atoms with E-state index >= 15 is 0 Å². The van der Waals surface area contributed by atoms with Gasteiger partial charge in [0.1, 0.15) is 0 Å². The summed E-state index contributed by atoms with van der Waals surface area (Å²) in [5, 5.41) is 21.9. The van der Waals surface area contributed by atoms with Crippen LogP contribution in [0.2, 0.25) is 0 Å². The molecule has 0 bridgehead atoms. The van der Waals surface area contributed by atoms with E-state index in [0.717, 1.165) is 56.3 Å². The van der Waals surface area contributed by atoms with Gasteiger partial charge in [0.15, 0.2) is 0 Å². The average molecular weight is 420 g/mol. The Morgan fingerprint density at radius 1 is 0.900 bits per heavy atom. The van der Waals surface area contributed by atoms with Crippen LogP contribution in [0.5, 0.6) is 0 Å². The molecular formula is C27H49NO2. The maximum atomic E-state index is 11.6. The Morgan fingerprint density at radius 2 is 1.60 bits per heavy atom. The first kappa shape index (κ1) is 23.1. The molecule has 10 atom stereocenters. The molecule has 3 nitrogen and oxygen atoms in total. The van der Waals surface area contributed by atoms with Crippen molar-refractivity contribution in [3.63, 3.8) is 0 Å². The zero-order chi connectivity index (χ0) is 21.7. The van der Waals surface area contributed by atoms with Gasteiger partial charge in [0.25, 0.3) is 0 Å². The molecule has 6 unspecified atom stereocenters. The maximum absolute atomic E-state index is 11.6. The summed E-state index contributed by atoms with van der Waals surface area (Å²) in [7, 11) is 0. The van der Waals surface area contributed by atoms with Crippen LogP contribution in [0.4, 0.5) is 0 Å². The number of hydrogen-bond acceptors (Lipinski definition) is 3. The first-order valence-electron chi connectivity index (χ1n) is 13.3. The molecule has 0 saturated heterocycles. The second-order valence-electron chi connectivity index (χ2n) is 12.7. The summed E-state index contributed by atoms with van der Waals surface area (Å²) in [4.78, 5) is 0. The van der Waals surface area contributed by atoms with Gasteiger partial charge in [0.05, 0.1) is 11.7 Å². The molecular weight excluding hydrogens is 370 g/mol. The molecule has 0 radical (unpaired) electrons. The van der Waals surface area contributed by atoms with E-state index < -0.39 is 5.60 Å². The molecule has 0 spiro atoms. The third kappa shape index (κ3) is 3.69. The van der Waals surface area contributed by atoms with E-state index in [9.17, 15) is 10.2 Å². The second-order valence-corrected chi connectivity index (χ2v) is 12.7. The van der Waals surface area contributed by atoms with Crippen molar-refractivity contribution >= 4 is 0 Å². The van der Waals surface area contributed by atoms with Gasteiger partial charge in [-0.3, -0.25) is 0 Å². The largest absolute Gasteiger partial charge is 0.393 e. The highest BCUT2D eigenvalue weighted by Gasteiger charge is 2.63. The summed E-state index contributed by atoms with van der Waals surface area (Å²) in [6.45, 7) is 9.44. The zero-order valence-electron chi connectivity index (χ0n) is 20.2. The van der Waals surface area contributed by atoms with E-state index in [0.29, 0.717) is 17.3 Å². The lowest BCUT2D eigenvalue weighted by atomic mass is 9.43. The molecule has 0 amide bonds. The van der Waals surface area contributed by atoms with Gasteiger partial charge in [-0.2, -0.15) is 0 Å². The summed E-state index contributed by atoms with van der Waals surface area (Å²) in [6.07, 6.45) is 15.0. The van der Waals surface area contributed by atoms with Crippen LogP contribution in [0, 0.1) is 40.4 Å². The quantitative estimate of drug-likeness (QED) is 0.486. The standard InChI is InChI=1S/C27H49NO2/c1-5-6-7-8-13-27(4,30)24-10-9-20-19-17-23(28)22-16-18(29)11-14-25(22,2)21(19)12-15-26(20,24)3/h18-24,29-30H,5-17,28H2,1-4H3/t18?,19?,20-,21-,22?,23-,24?,25?,26?,27-/m0/s1. The van der Waals surface area contributed by atoms with Crippen molar-refractivity contribution in [1.82, 2.24) is 0 Å². The van der Waals surface area contributed by atoms with Crippen molar-refractivity contribution in [2.24, 2.45) is 46.2 Å². The van der Waals surface area contributed by atoms with Crippen molar-refractivity contribution in [2.75, 3.05) is 0 Å². The second kappa shape index (κ2) is 8.34. The summed E-state index contributed by atoms with van der Waals surface area (Å²) in [5.41, 5.74) is 6.88. The number of aliphatic hydroxyl groups is 2. The molecule has 4 aliphatic rings. The van der Waals surface area contributed by atoms with Crippen LogP contribution in [0.25, 0.3) is 0 Å². The Balaban J connectivity index is 1.52. The van der Waals surface area contributed by atoms with E-state index in [-0.39, 0.29) is 17.6 Å². The maximum Gasteiger partial charge on any atom is 0.0653 e. The van der Waals surface area contributed by atoms with Gasteiger partial charge in [-0.05, 0) is 105 Å². The number of fused-ring (bicyclic) bond motifs is 5. The van der Waals surface area contributed by atoms with E-state index in [4.69, 9.17) is 5.73 Å². The highest BCUT2D eigenvalue weighted by molar-refractivity contribution is 5.13. The van der Waals surface area contributed by atoms with Crippen molar-refractivity contribution < 1.29 is 10.2 Å². The van der Waals surface area contributed by atoms with Crippen molar-refractivity contribution in [2.45, 2.75) is 129 Å². The SMILES string of the molecule is CCCCCC[C@](C)(O)C1CC[C@H]2C3C[C@H](N)C4CC(O)CCC4(C)[C@H]3CCC12C. The topological polar surface area (TPSA) is 66.5 Å². The third-order valence-corrected chi connectivity index (χ3v) is 11.0. The first-order chi connectivity index (χ1) is 14.1. The van der Waals surface area contributed by atoms with Gasteiger partial charge in [-0.15, -0.1) is 0 Å². The molecule has 0 aliphatic heterocycles. The van der Waals surface area contributed by atoms with Gasteiger partial charge < -0.3 is 15.9 Å². The van der Waals surface area contributed by atoms with Gasteiger partial charge in [0.2, 0.25) is 0 Å². The molecule has 0 aromatic carbocycles. The smallest absolute Gasteiger partial charge is 0.0653 e. The van der Waals surface area contributed by atoms with Crippen molar-refractivity contribution in [1.29, 1.82) is 0 Å². The Labute approximate surface area is 185 Å². The normalized spacial score (nSPS) is 50.3. The minimum Gasteiger partial charge on any atom is -0.393 e. The Kier molecular flexibility index (Phi) is 6.41. The third-order valence-electron chi connectivity index (χ3n) is 11.0. The van der Waals surface area contributed by atoms with Crippen molar-refractivity contribution in [3.8, 4) is 0 Å². The minimum atomic E-state index is -0.526. The lowest BCUT2D eigenvalue weighted by Gasteiger charge is -2.63.